The maximum absolute atomic E-state index is 10.6. The lowest BCUT2D eigenvalue weighted by atomic mass is 9.93. The van der Waals surface area contributed by atoms with Gasteiger partial charge in [0, 0.05) is 55.5 Å². The summed E-state index contributed by atoms with van der Waals surface area (Å²) in [4.78, 5) is 21.3. The first kappa shape index (κ1) is 28.2. The Labute approximate surface area is 215 Å². The van der Waals surface area contributed by atoms with Crippen molar-refractivity contribution < 1.29 is 23.1 Å². The van der Waals surface area contributed by atoms with Gasteiger partial charge in [0.2, 0.25) is 0 Å². The number of carboxylic acid groups (broad SMARTS) is 1. The molecule has 0 aliphatic carbocycles. The minimum atomic E-state index is -5.08. The molecular formula is C26H34ClF3N4O2. The number of benzene rings is 1. The lowest BCUT2D eigenvalue weighted by Crippen LogP contribution is -2.61. The number of rotatable bonds is 5. The van der Waals surface area contributed by atoms with Gasteiger partial charge in [0.25, 0.3) is 0 Å². The molecule has 1 N–H and O–H groups in total. The summed E-state index contributed by atoms with van der Waals surface area (Å²) < 4.78 is 31.7. The zero-order chi connectivity index (χ0) is 26.3. The largest absolute Gasteiger partial charge is 0.490 e. The fourth-order valence-electron chi connectivity index (χ4n) is 5.05. The predicted molar refractivity (Wildman–Crippen MR) is 136 cm³/mol. The molecular weight excluding hydrogens is 493 g/mol. The zero-order valence-corrected chi connectivity index (χ0v) is 21.4. The van der Waals surface area contributed by atoms with Gasteiger partial charge < -0.3 is 14.9 Å². The summed E-state index contributed by atoms with van der Waals surface area (Å²) in [6.45, 7) is 6.83. The van der Waals surface area contributed by atoms with Crippen LogP contribution >= 0.6 is 11.6 Å². The number of carboxylic acids is 1. The number of pyridine rings is 1. The normalized spacial score (nSPS) is 22.1. The number of piperidine rings is 1. The molecule has 0 radical (unpaired) electrons. The minimum Gasteiger partial charge on any atom is -0.475 e. The molecule has 0 spiro atoms. The highest BCUT2D eigenvalue weighted by Crippen LogP contribution is 2.28. The van der Waals surface area contributed by atoms with Crippen LogP contribution in [0.2, 0.25) is 5.02 Å². The Morgan fingerprint density at radius 2 is 1.72 bits per heavy atom. The number of halogens is 4. The summed E-state index contributed by atoms with van der Waals surface area (Å²) >= 11 is 6.10. The third-order valence-corrected chi connectivity index (χ3v) is 7.27. The van der Waals surface area contributed by atoms with Crippen LogP contribution < -0.4 is 4.90 Å². The number of anilines is 1. The van der Waals surface area contributed by atoms with Crippen molar-refractivity contribution in [3.63, 3.8) is 0 Å². The fourth-order valence-corrected chi connectivity index (χ4v) is 5.17. The highest BCUT2D eigenvalue weighted by molar-refractivity contribution is 6.30. The summed E-state index contributed by atoms with van der Waals surface area (Å²) in [5.74, 6) is -1.64. The van der Waals surface area contributed by atoms with Crippen LogP contribution in [0.5, 0.6) is 0 Å². The van der Waals surface area contributed by atoms with E-state index in [2.05, 4.69) is 57.9 Å². The number of piperazine rings is 1. The molecule has 2 fully saturated rings. The lowest BCUT2D eigenvalue weighted by Gasteiger charge is -2.50. The van der Waals surface area contributed by atoms with Gasteiger partial charge in [0.15, 0.2) is 0 Å². The summed E-state index contributed by atoms with van der Waals surface area (Å²) in [7, 11) is 2.30. The summed E-state index contributed by atoms with van der Waals surface area (Å²) in [6.07, 6.45) is 1.56. The second-order valence-corrected chi connectivity index (χ2v) is 9.83. The van der Waals surface area contributed by atoms with Crippen LogP contribution in [0, 0.1) is 0 Å². The second-order valence-electron chi connectivity index (χ2n) is 9.39. The van der Waals surface area contributed by atoms with E-state index in [1.807, 2.05) is 24.4 Å². The number of hydrogen-bond acceptors (Lipinski definition) is 5. The molecule has 2 aliphatic heterocycles. The molecule has 3 heterocycles. The van der Waals surface area contributed by atoms with E-state index in [1.165, 1.54) is 31.4 Å². The van der Waals surface area contributed by atoms with Crippen LogP contribution in [0.15, 0.2) is 48.7 Å². The van der Waals surface area contributed by atoms with E-state index in [1.54, 1.807) is 0 Å². The van der Waals surface area contributed by atoms with E-state index in [-0.39, 0.29) is 0 Å². The first-order valence-electron chi connectivity index (χ1n) is 12.2. The Morgan fingerprint density at radius 3 is 2.25 bits per heavy atom. The molecule has 2 saturated heterocycles. The van der Waals surface area contributed by atoms with Gasteiger partial charge in [-0.3, -0.25) is 4.90 Å². The first-order chi connectivity index (χ1) is 17.1. The summed E-state index contributed by atoms with van der Waals surface area (Å²) in [5, 5.41) is 7.94. The van der Waals surface area contributed by atoms with Crippen LogP contribution in [0.3, 0.4) is 0 Å². The van der Waals surface area contributed by atoms with E-state index in [9.17, 15) is 13.2 Å². The van der Waals surface area contributed by atoms with Crippen molar-refractivity contribution in [2.24, 2.45) is 0 Å². The van der Waals surface area contributed by atoms with Gasteiger partial charge in [0.05, 0.1) is 0 Å². The van der Waals surface area contributed by atoms with Crippen molar-refractivity contribution in [3.05, 3.63) is 59.2 Å². The molecule has 36 heavy (non-hydrogen) atoms. The number of aromatic nitrogens is 1. The summed E-state index contributed by atoms with van der Waals surface area (Å²) in [6, 6.07) is 16.5. The quantitative estimate of drug-likeness (QED) is 0.593. The zero-order valence-electron chi connectivity index (χ0n) is 20.7. The number of likely N-dealkylation sites (N-methyl/N-ethyl adjacent to an activating group) is 1. The van der Waals surface area contributed by atoms with E-state index < -0.39 is 12.1 Å². The van der Waals surface area contributed by atoms with Crippen LogP contribution in [0.4, 0.5) is 19.0 Å². The molecule has 198 valence electrons. The van der Waals surface area contributed by atoms with Gasteiger partial charge in [-0.15, -0.1) is 0 Å². The molecule has 1 aromatic heterocycles. The van der Waals surface area contributed by atoms with Gasteiger partial charge in [-0.05, 0) is 62.6 Å². The molecule has 0 bridgehead atoms. The predicted octanol–water partition coefficient (Wildman–Crippen LogP) is 4.97. The van der Waals surface area contributed by atoms with Gasteiger partial charge in [-0.25, -0.2) is 9.78 Å². The highest BCUT2D eigenvalue weighted by Gasteiger charge is 2.38. The van der Waals surface area contributed by atoms with Crippen molar-refractivity contribution in [2.75, 3.05) is 38.1 Å². The van der Waals surface area contributed by atoms with Crippen LogP contribution in [0.25, 0.3) is 0 Å². The van der Waals surface area contributed by atoms with Crippen LogP contribution in [-0.2, 0) is 11.2 Å². The van der Waals surface area contributed by atoms with Gasteiger partial charge in [-0.2, -0.15) is 13.2 Å². The van der Waals surface area contributed by atoms with Crippen LogP contribution in [0.1, 0.15) is 31.7 Å². The molecule has 2 aromatic rings. The minimum absolute atomic E-state index is 0.565. The lowest BCUT2D eigenvalue weighted by molar-refractivity contribution is -0.192. The fraction of sp³-hybridized carbons (Fsp3) is 0.538. The molecule has 4 rings (SSSR count). The standard InChI is InChI=1S/C24H33ClN4.C2HF3O2/c1-3-21-18-29(22-11-14-28(15-12-22)24-6-4-5-13-26-24)23(17-27(21)2)16-19-7-9-20(25)10-8-19;3-2(4,5)1(6)7/h4-10,13,21-23H,3,11-12,14-18H2,1-2H3;(H,6,7)/t21-,23-;/m0./s1. The summed E-state index contributed by atoms with van der Waals surface area (Å²) in [5.41, 5.74) is 1.39. The highest BCUT2D eigenvalue weighted by atomic mass is 35.5. The van der Waals surface area contributed by atoms with E-state index in [0.29, 0.717) is 18.1 Å². The molecule has 0 amide bonds. The average molecular weight is 527 g/mol. The topological polar surface area (TPSA) is 59.9 Å². The number of nitrogens with zero attached hydrogens (tertiary/aromatic N) is 4. The number of hydrogen-bond donors (Lipinski definition) is 1. The van der Waals surface area contributed by atoms with Crippen molar-refractivity contribution in [2.45, 2.75) is 56.9 Å². The molecule has 6 nitrogen and oxygen atoms in total. The molecule has 2 aliphatic rings. The van der Waals surface area contributed by atoms with E-state index in [4.69, 9.17) is 21.5 Å². The third-order valence-electron chi connectivity index (χ3n) is 7.02. The van der Waals surface area contributed by atoms with Gasteiger partial charge in [0.1, 0.15) is 5.82 Å². The average Bonchev–Trinajstić information content (AvgIpc) is 2.86. The van der Waals surface area contributed by atoms with E-state index >= 15 is 0 Å². The maximum Gasteiger partial charge on any atom is 0.490 e. The second kappa shape index (κ2) is 12.7. The number of alkyl halides is 3. The first-order valence-corrected chi connectivity index (χ1v) is 12.6. The van der Waals surface area contributed by atoms with Crippen molar-refractivity contribution in [1.82, 2.24) is 14.8 Å². The van der Waals surface area contributed by atoms with E-state index in [0.717, 1.165) is 36.9 Å². The maximum atomic E-state index is 10.6. The van der Waals surface area contributed by atoms with Crippen molar-refractivity contribution in [1.29, 1.82) is 0 Å². The van der Waals surface area contributed by atoms with Crippen molar-refractivity contribution >= 4 is 23.4 Å². The SMILES string of the molecule is CC[C@H]1CN(C2CCN(c3ccccn3)CC2)[C@@H](Cc2ccc(Cl)cc2)CN1C.O=C(O)C(F)(F)F. The van der Waals surface area contributed by atoms with Crippen LogP contribution in [-0.4, -0.2) is 83.4 Å². The Kier molecular flexibility index (Phi) is 9.99. The van der Waals surface area contributed by atoms with Gasteiger partial charge >= 0.3 is 12.1 Å². The molecule has 10 heteroatoms. The van der Waals surface area contributed by atoms with Crippen molar-refractivity contribution in [3.8, 4) is 0 Å². The molecule has 2 atom stereocenters. The Morgan fingerprint density at radius 1 is 1.08 bits per heavy atom. The Bertz CT molecular complexity index is 954. The van der Waals surface area contributed by atoms with Gasteiger partial charge in [-0.1, -0.05) is 36.7 Å². The molecule has 0 unspecified atom stereocenters. The Hall–Kier alpha value is -2.36. The monoisotopic (exact) mass is 526 g/mol. The molecule has 1 aromatic carbocycles. The smallest absolute Gasteiger partial charge is 0.475 e. The third kappa shape index (κ3) is 7.82. The number of aliphatic carboxylic acids is 1. The Balaban J connectivity index is 0.000000454. The molecule has 0 saturated carbocycles. The number of carbonyl (C=O) groups is 1.